The fraction of sp³-hybridized carbons (Fsp3) is 0.200. The molecule has 15 heavy (non-hydrogen) atoms. The van der Waals surface area contributed by atoms with Crippen molar-refractivity contribution in [3.8, 4) is 0 Å². The van der Waals surface area contributed by atoms with Crippen LogP contribution >= 0.6 is 0 Å². The van der Waals surface area contributed by atoms with Crippen molar-refractivity contribution in [1.82, 2.24) is 5.32 Å². The highest BCUT2D eigenvalue weighted by molar-refractivity contribution is 5.94. The van der Waals surface area contributed by atoms with Crippen molar-refractivity contribution in [2.24, 2.45) is 0 Å². The number of hydrogen-bond acceptors (Lipinski definition) is 2. The number of anilines is 1. The van der Waals surface area contributed by atoms with E-state index in [-0.39, 0.29) is 18.3 Å². The molecule has 0 aliphatic rings. The third-order valence-electron chi connectivity index (χ3n) is 1.92. The predicted molar refractivity (Wildman–Crippen MR) is 53.9 cm³/mol. The topological polar surface area (TPSA) is 49.4 Å². The average molecular weight is 210 g/mol. The minimum atomic E-state index is -0.356. The molecule has 80 valence electrons. The summed E-state index contributed by atoms with van der Waals surface area (Å²) in [5, 5.41) is 2.26. The van der Waals surface area contributed by atoms with E-state index in [0.29, 0.717) is 12.1 Å². The molecule has 1 N–H and O–H groups in total. The SMILES string of the molecule is CN(C(=O)CNC=O)c1ccc(F)cc1. The quantitative estimate of drug-likeness (QED) is 0.737. The molecule has 0 saturated carbocycles. The van der Waals surface area contributed by atoms with Crippen LogP contribution in [0.3, 0.4) is 0 Å². The largest absolute Gasteiger partial charge is 0.350 e. The minimum absolute atomic E-state index is 0.0720. The highest BCUT2D eigenvalue weighted by Gasteiger charge is 2.09. The second kappa shape index (κ2) is 5.09. The maximum absolute atomic E-state index is 12.6. The van der Waals surface area contributed by atoms with Crippen LogP contribution in [0, 0.1) is 5.82 Å². The van der Waals surface area contributed by atoms with Crippen LogP contribution in [0.2, 0.25) is 0 Å². The summed E-state index contributed by atoms with van der Waals surface area (Å²) in [7, 11) is 1.56. The Kier molecular flexibility index (Phi) is 3.79. The fourth-order valence-electron chi connectivity index (χ4n) is 1.06. The maximum Gasteiger partial charge on any atom is 0.246 e. The molecule has 1 rings (SSSR count). The average Bonchev–Trinajstić information content (AvgIpc) is 2.26. The summed E-state index contributed by atoms with van der Waals surface area (Å²) in [5.41, 5.74) is 0.578. The third-order valence-corrected chi connectivity index (χ3v) is 1.92. The van der Waals surface area contributed by atoms with Gasteiger partial charge in [-0.15, -0.1) is 0 Å². The van der Waals surface area contributed by atoms with E-state index in [9.17, 15) is 14.0 Å². The van der Waals surface area contributed by atoms with Gasteiger partial charge in [0.1, 0.15) is 5.82 Å². The van der Waals surface area contributed by atoms with Gasteiger partial charge in [-0.05, 0) is 24.3 Å². The predicted octanol–water partition coefficient (Wildman–Crippen LogP) is 0.534. The van der Waals surface area contributed by atoms with E-state index in [2.05, 4.69) is 5.32 Å². The van der Waals surface area contributed by atoms with Crippen LogP contribution in [0.15, 0.2) is 24.3 Å². The molecule has 5 heteroatoms. The summed E-state index contributed by atoms with van der Waals surface area (Å²) >= 11 is 0. The lowest BCUT2D eigenvalue weighted by Gasteiger charge is -2.16. The molecule has 0 aliphatic heterocycles. The molecular weight excluding hydrogens is 199 g/mol. The molecular formula is C10H11FN2O2. The standard InChI is InChI=1S/C10H11FN2O2/c1-13(10(15)6-12-7-14)9-4-2-8(11)3-5-9/h2-5,7H,6H2,1H3,(H,12,14). The van der Waals surface area contributed by atoms with Crippen LogP contribution in [0.25, 0.3) is 0 Å². The highest BCUT2D eigenvalue weighted by Crippen LogP contribution is 2.12. The van der Waals surface area contributed by atoms with Gasteiger partial charge in [-0.25, -0.2) is 4.39 Å². The molecule has 0 saturated heterocycles. The van der Waals surface area contributed by atoms with Crippen molar-refractivity contribution < 1.29 is 14.0 Å². The molecule has 2 amide bonds. The lowest BCUT2D eigenvalue weighted by atomic mass is 10.3. The summed E-state index contributed by atoms with van der Waals surface area (Å²) in [4.78, 5) is 22.7. The van der Waals surface area contributed by atoms with Crippen molar-refractivity contribution in [1.29, 1.82) is 0 Å². The van der Waals surface area contributed by atoms with E-state index < -0.39 is 0 Å². The van der Waals surface area contributed by atoms with E-state index in [1.807, 2.05) is 0 Å². The van der Waals surface area contributed by atoms with Crippen LogP contribution in [0.4, 0.5) is 10.1 Å². The van der Waals surface area contributed by atoms with Crippen molar-refractivity contribution >= 4 is 18.0 Å². The van der Waals surface area contributed by atoms with Crippen molar-refractivity contribution in [2.75, 3.05) is 18.5 Å². The number of likely N-dealkylation sites (N-methyl/N-ethyl adjacent to an activating group) is 1. The number of halogens is 1. The first-order valence-electron chi connectivity index (χ1n) is 4.34. The zero-order valence-electron chi connectivity index (χ0n) is 8.24. The molecule has 0 aliphatic carbocycles. The second-order valence-electron chi connectivity index (χ2n) is 2.93. The number of rotatable bonds is 4. The van der Waals surface area contributed by atoms with Gasteiger partial charge in [0.25, 0.3) is 0 Å². The Morgan fingerprint density at radius 1 is 1.47 bits per heavy atom. The number of nitrogens with zero attached hydrogens (tertiary/aromatic N) is 1. The second-order valence-corrected chi connectivity index (χ2v) is 2.93. The van der Waals surface area contributed by atoms with E-state index in [4.69, 9.17) is 0 Å². The van der Waals surface area contributed by atoms with Crippen LogP contribution < -0.4 is 10.2 Å². The smallest absolute Gasteiger partial charge is 0.246 e. The lowest BCUT2D eigenvalue weighted by molar-refractivity contribution is -0.119. The summed E-state index contributed by atoms with van der Waals surface area (Å²) in [6.07, 6.45) is 0.455. The molecule has 0 radical (unpaired) electrons. The molecule has 0 aromatic heterocycles. The molecule has 4 nitrogen and oxygen atoms in total. The van der Waals surface area contributed by atoms with Crippen LogP contribution in [0.5, 0.6) is 0 Å². The monoisotopic (exact) mass is 210 g/mol. The third kappa shape index (κ3) is 3.05. The highest BCUT2D eigenvalue weighted by atomic mass is 19.1. The van der Waals surface area contributed by atoms with Gasteiger partial charge in [0, 0.05) is 12.7 Å². The van der Waals surface area contributed by atoms with Crippen molar-refractivity contribution in [3.63, 3.8) is 0 Å². The van der Waals surface area contributed by atoms with E-state index >= 15 is 0 Å². The first-order chi connectivity index (χ1) is 7.15. The van der Waals surface area contributed by atoms with Crippen LogP contribution in [-0.4, -0.2) is 25.9 Å². The molecule has 0 fully saturated rings. The summed E-state index contributed by atoms with van der Waals surface area (Å²) in [6, 6.07) is 5.53. The number of carbonyl (C=O) groups is 2. The molecule has 0 unspecified atom stereocenters. The van der Waals surface area contributed by atoms with Crippen molar-refractivity contribution in [2.45, 2.75) is 0 Å². The lowest BCUT2D eigenvalue weighted by Crippen LogP contribution is -2.34. The van der Waals surface area contributed by atoms with Gasteiger partial charge in [0.15, 0.2) is 0 Å². The van der Waals surface area contributed by atoms with Gasteiger partial charge >= 0.3 is 0 Å². The van der Waals surface area contributed by atoms with Gasteiger partial charge < -0.3 is 10.2 Å². The Balaban J connectivity index is 2.67. The van der Waals surface area contributed by atoms with Gasteiger partial charge in [-0.2, -0.15) is 0 Å². The fourth-order valence-corrected chi connectivity index (χ4v) is 1.06. The molecule has 1 aromatic rings. The number of benzene rings is 1. The Morgan fingerprint density at radius 3 is 2.60 bits per heavy atom. The Bertz CT molecular complexity index is 351. The van der Waals surface area contributed by atoms with Gasteiger partial charge in [-0.1, -0.05) is 0 Å². The van der Waals surface area contributed by atoms with Gasteiger partial charge in [0.2, 0.25) is 12.3 Å². The van der Waals surface area contributed by atoms with E-state index in [0.717, 1.165) is 0 Å². The van der Waals surface area contributed by atoms with Gasteiger partial charge in [-0.3, -0.25) is 9.59 Å². The van der Waals surface area contributed by atoms with E-state index in [1.165, 1.54) is 29.2 Å². The number of nitrogens with one attached hydrogen (secondary N) is 1. The number of amides is 2. The molecule has 1 aromatic carbocycles. The normalized spacial score (nSPS) is 9.47. The zero-order chi connectivity index (χ0) is 11.3. The van der Waals surface area contributed by atoms with Gasteiger partial charge in [0.05, 0.1) is 6.54 Å². The zero-order valence-corrected chi connectivity index (χ0v) is 8.24. The first kappa shape index (κ1) is 11.2. The van der Waals surface area contributed by atoms with Crippen molar-refractivity contribution in [3.05, 3.63) is 30.1 Å². The summed E-state index contributed by atoms with van der Waals surface area (Å²) in [6.45, 7) is -0.0720. The minimum Gasteiger partial charge on any atom is -0.350 e. The molecule has 0 heterocycles. The van der Waals surface area contributed by atoms with Crippen LogP contribution in [0.1, 0.15) is 0 Å². The molecule has 0 spiro atoms. The summed E-state index contributed by atoms with van der Waals surface area (Å²) in [5.74, 6) is -0.626. The summed E-state index contributed by atoms with van der Waals surface area (Å²) < 4.78 is 12.6. The van der Waals surface area contributed by atoms with Crippen LogP contribution in [-0.2, 0) is 9.59 Å². The Morgan fingerprint density at radius 2 is 2.07 bits per heavy atom. The maximum atomic E-state index is 12.6. The Hall–Kier alpha value is -1.91. The number of hydrogen-bond donors (Lipinski definition) is 1. The Labute approximate surface area is 86.7 Å². The first-order valence-corrected chi connectivity index (χ1v) is 4.34. The number of carbonyl (C=O) groups excluding carboxylic acids is 2. The molecule has 0 atom stereocenters. The molecule has 0 bridgehead atoms. The van der Waals surface area contributed by atoms with E-state index in [1.54, 1.807) is 7.05 Å².